The number of methoxy groups -OCH3 is 1. The zero-order valence-electron chi connectivity index (χ0n) is 13.3. The van der Waals surface area contributed by atoms with Crippen LogP contribution < -0.4 is 10.1 Å². The molecule has 0 saturated carbocycles. The lowest BCUT2D eigenvalue weighted by Gasteiger charge is -2.06. The summed E-state index contributed by atoms with van der Waals surface area (Å²) in [7, 11) is -1.38. The van der Waals surface area contributed by atoms with Gasteiger partial charge < -0.3 is 10.1 Å². The predicted molar refractivity (Wildman–Crippen MR) is 90.6 cm³/mol. The zero-order valence-corrected chi connectivity index (χ0v) is 14.1. The summed E-state index contributed by atoms with van der Waals surface area (Å²) in [5.74, 6) is 1.04. The van der Waals surface area contributed by atoms with Crippen molar-refractivity contribution in [2.24, 2.45) is 5.92 Å². The highest BCUT2D eigenvalue weighted by Crippen LogP contribution is 2.29. The minimum Gasteiger partial charge on any atom is -0.496 e. The Morgan fingerprint density at radius 3 is 2.92 bits per heavy atom. The Balaban J connectivity index is 1.65. The van der Waals surface area contributed by atoms with Crippen LogP contribution in [0.1, 0.15) is 12.8 Å². The summed E-state index contributed by atoms with van der Waals surface area (Å²) in [5, 5.41) is 9.66. The van der Waals surface area contributed by atoms with E-state index in [1.807, 2.05) is 24.3 Å². The minimum atomic E-state index is -2.97. The molecule has 8 heteroatoms. The molecule has 1 aromatic carbocycles. The lowest BCUT2D eigenvalue weighted by Crippen LogP contribution is -2.17. The molecule has 1 aromatic heterocycles. The van der Waals surface area contributed by atoms with Gasteiger partial charge in [-0.15, -0.1) is 0 Å². The van der Waals surface area contributed by atoms with Crippen LogP contribution in [0, 0.1) is 5.92 Å². The number of sulfone groups is 1. The average molecular weight is 349 g/mol. The molecule has 2 aromatic rings. The van der Waals surface area contributed by atoms with Crippen LogP contribution in [-0.4, -0.2) is 43.1 Å². The van der Waals surface area contributed by atoms with Crippen molar-refractivity contribution in [3.8, 4) is 17.0 Å². The van der Waals surface area contributed by atoms with Crippen molar-refractivity contribution in [2.75, 3.05) is 23.9 Å². The minimum absolute atomic E-state index is 0.0907. The van der Waals surface area contributed by atoms with Gasteiger partial charge in [-0.1, -0.05) is 12.1 Å². The summed E-state index contributed by atoms with van der Waals surface area (Å²) in [5.41, 5.74) is 1.57. The molecule has 2 heterocycles. The van der Waals surface area contributed by atoms with E-state index in [0.29, 0.717) is 18.0 Å². The van der Waals surface area contributed by atoms with Crippen LogP contribution in [0.25, 0.3) is 11.3 Å². The molecule has 0 unspecified atom stereocenters. The van der Waals surface area contributed by atoms with E-state index in [4.69, 9.17) is 4.74 Å². The number of hydrogen-bond donors (Lipinski definition) is 2. The number of hydrogen-bond acceptors (Lipinski definition) is 5. The summed E-state index contributed by atoms with van der Waals surface area (Å²) < 4.78 is 28.2. The van der Waals surface area contributed by atoms with Crippen molar-refractivity contribution in [1.82, 2.24) is 10.2 Å². The first kappa shape index (κ1) is 16.5. The molecule has 1 aliphatic heterocycles. The van der Waals surface area contributed by atoms with Gasteiger partial charge in [-0.3, -0.25) is 9.89 Å². The van der Waals surface area contributed by atoms with E-state index in [1.165, 1.54) is 0 Å². The molecule has 0 spiro atoms. The third kappa shape index (κ3) is 3.76. The SMILES string of the molecule is COc1ccccc1-c1cc(NC(=O)C[C@H]2CCS(=O)(=O)C2)n[nH]1. The van der Waals surface area contributed by atoms with Crippen LogP contribution in [-0.2, 0) is 14.6 Å². The van der Waals surface area contributed by atoms with Crippen molar-refractivity contribution in [3.63, 3.8) is 0 Å². The van der Waals surface area contributed by atoms with Gasteiger partial charge in [0.05, 0.1) is 24.3 Å². The number of benzene rings is 1. The summed E-state index contributed by atoms with van der Waals surface area (Å²) in [4.78, 5) is 12.1. The number of para-hydroxylation sites is 1. The second-order valence-corrected chi connectivity index (χ2v) is 8.12. The highest BCUT2D eigenvalue weighted by molar-refractivity contribution is 7.91. The van der Waals surface area contributed by atoms with Crippen LogP contribution in [0.2, 0.25) is 0 Å². The van der Waals surface area contributed by atoms with Gasteiger partial charge in [-0.2, -0.15) is 5.10 Å². The number of ether oxygens (including phenoxy) is 1. The van der Waals surface area contributed by atoms with Crippen molar-refractivity contribution < 1.29 is 17.9 Å². The standard InChI is InChI=1S/C16H19N3O4S/c1-23-14-5-3-2-4-12(14)13-9-15(19-18-13)17-16(20)8-11-6-7-24(21,22)10-11/h2-5,9,11H,6-8,10H2,1H3,(H2,17,18,19,20)/t11-/m1/s1. The number of aromatic amines is 1. The first-order chi connectivity index (χ1) is 11.5. The second-order valence-electron chi connectivity index (χ2n) is 5.89. The monoisotopic (exact) mass is 349 g/mol. The number of nitrogens with one attached hydrogen (secondary N) is 2. The van der Waals surface area contributed by atoms with Gasteiger partial charge in [0, 0.05) is 18.1 Å². The number of aromatic nitrogens is 2. The maximum absolute atomic E-state index is 12.1. The lowest BCUT2D eigenvalue weighted by atomic mass is 10.1. The molecular weight excluding hydrogens is 330 g/mol. The number of rotatable bonds is 5. The van der Waals surface area contributed by atoms with Gasteiger partial charge in [-0.25, -0.2) is 8.42 Å². The first-order valence-electron chi connectivity index (χ1n) is 7.66. The van der Waals surface area contributed by atoms with Crippen molar-refractivity contribution in [1.29, 1.82) is 0 Å². The molecule has 1 atom stereocenters. The van der Waals surface area contributed by atoms with E-state index < -0.39 is 9.84 Å². The molecule has 24 heavy (non-hydrogen) atoms. The van der Waals surface area contributed by atoms with E-state index in [2.05, 4.69) is 15.5 Å². The van der Waals surface area contributed by atoms with E-state index >= 15 is 0 Å². The van der Waals surface area contributed by atoms with Crippen LogP contribution >= 0.6 is 0 Å². The maximum atomic E-state index is 12.1. The molecule has 1 saturated heterocycles. The van der Waals surface area contributed by atoms with Crippen LogP contribution in [0.15, 0.2) is 30.3 Å². The van der Waals surface area contributed by atoms with Gasteiger partial charge in [0.2, 0.25) is 5.91 Å². The number of anilines is 1. The number of H-pyrrole nitrogens is 1. The maximum Gasteiger partial charge on any atom is 0.225 e. The molecular formula is C16H19N3O4S. The van der Waals surface area contributed by atoms with Crippen LogP contribution in [0.4, 0.5) is 5.82 Å². The Labute approximate surface area is 140 Å². The number of nitrogens with zero attached hydrogens (tertiary/aromatic N) is 1. The Morgan fingerprint density at radius 2 is 2.21 bits per heavy atom. The molecule has 1 aliphatic rings. The van der Waals surface area contributed by atoms with E-state index in [1.54, 1.807) is 13.2 Å². The Kier molecular flexibility index (Phi) is 4.57. The number of amides is 1. The van der Waals surface area contributed by atoms with E-state index in [9.17, 15) is 13.2 Å². The van der Waals surface area contributed by atoms with Gasteiger partial charge in [0.25, 0.3) is 0 Å². The molecule has 1 fully saturated rings. The Hall–Kier alpha value is -2.35. The summed E-state index contributed by atoms with van der Waals surface area (Å²) in [6.45, 7) is 0. The van der Waals surface area contributed by atoms with E-state index in [-0.39, 0.29) is 29.8 Å². The summed E-state index contributed by atoms with van der Waals surface area (Å²) >= 11 is 0. The Bertz CT molecular complexity index is 845. The summed E-state index contributed by atoms with van der Waals surface area (Å²) in [6, 6.07) is 9.21. The van der Waals surface area contributed by atoms with Crippen molar-refractivity contribution in [2.45, 2.75) is 12.8 Å². The number of carbonyl (C=O) groups is 1. The molecule has 128 valence electrons. The zero-order chi connectivity index (χ0) is 17.2. The average Bonchev–Trinajstić information content (AvgIpc) is 3.13. The highest BCUT2D eigenvalue weighted by Gasteiger charge is 2.29. The van der Waals surface area contributed by atoms with Crippen LogP contribution in [0.5, 0.6) is 5.75 Å². The normalized spacial score (nSPS) is 19.1. The smallest absolute Gasteiger partial charge is 0.225 e. The molecule has 0 radical (unpaired) electrons. The van der Waals surface area contributed by atoms with Crippen molar-refractivity contribution >= 4 is 21.6 Å². The highest BCUT2D eigenvalue weighted by atomic mass is 32.2. The Morgan fingerprint density at radius 1 is 1.42 bits per heavy atom. The van der Waals surface area contributed by atoms with Gasteiger partial charge in [-0.05, 0) is 24.5 Å². The van der Waals surface area contributed by atoms with Gasteiger partial charge in [0.1, 0.15) is 5.75 Å². The third-order valence-electron chi connectivity index (χ3n) is 4.04. The fraction of sp³-hybridized carbons (Fsp3) is 0.375. The largest absolute Gasteiger partial charge is 0.496 e. The van der Waals surface area contributed by atoms with E-state index in [0.717, 1.165) is 11.3 Å². The quantitative estimate of drug-likeness (QED) is 0.858. The van der Waals surface area contributed by atoms with Crippen LogP contribution in [0.3, 0.4) is 0 Å². The lowest BCUT2D eigenvalue weighted by molar-refractivity contribution is -0.116. The number of carbonyl (C=O) groups excluding carboxylic acids is 1. The third-order valence-corrected chi connectivity index (χ3v) is 5.88. The predicted octanol–water partition coefficient (Wildman–Crippen LogP) is 1.85. The van der Waals surface area contributed by atoms with Gasteiger partial charge in [0.15, 0.2) is 15.7 Å². The fourth-order valence-corrected chi connectivity index (χ4v) is 4.74. The molecule has 7 nitrogen and oxygen atoms in total. The summed E-state index contributed by atoms with van der Waals surface area (Å²) in [6.07, 6.45) is 0.735. The topological polar surface area (TPSA) is 101 Å². The molecule has 0 bridgehead atoms. The molecule has 1 amide bonds. The molecule has 2 N–H and O–H groups in total. The molecule has 0 aliphatic carbocycles. The second kappa shape index (κ2) is 6.64. The van der Waals surface area contributed by atoms with Gasteiger partial charge >= 0.3 is 0 Å². The fourth-order valence-electron chi connectivity index (χ4n) is 2.88. The molecule has 3 rings (SSSR count). The first-order valence-corrected chi connectivity index (χ1v) is 9.48. The van der Waals surface area contributed by atoms with Crippen molar-refractivity contribution in [3.05, 3.63) is 30.3 Å².